The molecule has 0 aliphatic rings. The van der Waals surface area contributed by atoms with Crippen molar-refractivity contribution in [2.45, 2.75) is 0 Å². The Balaban J connectivity index is 3.73. The van der Waals surface area contributed by atoms with Crippen LogP contribution >= 0.6 is 0 Å². The summed E-state index contributed by atoms with van der Waals surface area (Å²) < 4.78 is 49.6. The molecular weight excluding hydrogens is 305 g/mol. The van der Waals surface area contributed by atoms with Crippen molar-refractivity contribution in [1.82, 2.24) is 0 Å². The van der Waals surface area contributed by atoms with Crippen LogP contribution in [0.2, 0.25) is 0 Å². The molecule has 0 nitrogen and oxygen atoms in total. The van der Waals surface area contributed by atoms with E-state index >= 15 is 0 Å². The summed E-state index contributed by atoms with van der Waals surface area (Å²) in [6.07, 6.45) is 0. The molecule has 0 saturated heterocycles. The van der Waals surface area contributed by atoms with Crippen LogP contribution in [0, 0.1) is 21.8 Å². The van der Waals surface area contributed by atoms with Gasteiger partial charge < -0.3 is 0 Å². The normalized spacial score (nSPS) is 19.2. The molecule has 0 aromatic heterocycles. The molecule has 0 aromatic rings. The molecule has 0 N–H and O–H groups in total. The average molecular weight is 305 g/mol. The van der Waals surface area contributed by atoms with Gasteiger partial charge in [0.1, 0.15) is 0 Å². The van der Waals surface area contributed by atoms with Crippen molar-refractivity contribution in [1.29, 1.82) is 0 Å². The van der Waals surface area contributed by atoms with Crippen molar-refractivity contribution < 1.29 is 35.0 Å². The Bertz CT molecular complexity index is 37.1. The molecule has 0 aliphatic heterocycles. The number of rotatable bonds is 0. The van der Waals surface area contributed by atoms with E-state index in [9.17, 15) is 13.1 Å². The Morgan fingerprint density at radius 3 is 0.667 bits per heavy atom. The number of halogens is 5. The van der Waals surface area contributed by atoms with E-state index in [0.29, 0.717) is 0 Å². The monoisotopic (exact) mass is 305 g/mol. The van der Waals surface area contributed by atoms with Crippen LogP contribution in [0.25, 0.3) is 0 Å². The molecule has 0 bridgehead atoms. The summed E-state index contributed by atoms with van der Waals surface area (Å²) >= 11 is -9.20. The number of hydrogen-bond acceptors (Lipinski definition) is 0. The Morgan fingerprint density at radius 1 is 0.667 bits per heavy atom. The van der Waals surface area contributed by atoms with Gasteiger partial charge in [0.05, 0.1) is 0 Å². The van der Waals surface area contributed by atoms with Crippen LogP contribution < -0.4 is 0 Å². The van der Waals surface area contributed by atoms with Gasteiger partial charge in [-0.05, 0) is 0 Å². The zero-order valence-electron chi connectivity index (χ0n) is 2.27. The second kappa shape index (κ2) is 1.02. The molecule has 0 aromatic carbocycles. The fourth-order valence-corrected chi connectivity index (χ4v) is 0. The Kier molecular flexibility index (Phi) is 1.12. The summed E-state index contributed by atoms with van der Waals surface area (Å²) in [6, 6.07) is 0. The fraction of sp³-hybridized carbons (Fsp3) is 0. The number of hydrogen-bond donors (Lipinski definition) is 0. The van der Waals surface area contributed by atoms with Gasteiger partial charge >= 0.3 is 35.0 Å². The predicted octanol–water partition coefficient (Wildman–Crippen LogP) is 2.10. The maximum atomic E-state index is 9.91. The van der Waals surface area contributed by atoms with E-state index in [2.05, 4.69) is 0 Å². The third kappa shape index (κ3) is 199. The van der Waals surface area contributed by atoms with Crippen LogP contribution in [0.4, 0.5) is 13.1 Å². The molecule has 6 heavy (non-hydrogen) atoms. The molecule has 0 amide bonds. The van der Waals surface area contributed by atoms with Crippen molar-refractivity contribution in [3.63, 3.8) is 0 Å². The summed E-state index contributed by atoms with van der Waals surface area (Å²) in [4.78, 5) is 0. The van der Waals surface area contributed by atoms with E-state index in [4.69, 9.17) is 0 Å². The standard InChI is InChI=1S/AtF5/c2-1(3,4,5)6. The Hall–Kier alpha value is 0.533. The molecular formula is AtF5. The molecule has 6 heteroatoms. The second-order valence-electron chi connectivity index (χ2n) is 0.540. The van der Waals surface area contributed by atoms with E-state index in [1.165, 1.54) is 0 Å². The van der Waals surface area contributed by atoms with Crippen LogP contribution in [0.3, 0.4) is 0 Å². The van der Waals surface area contributed by atoms with Gasteiger partial charge in [0.25, 0.3) is 0 Å². The SMILES string of the molecule is F[At](F)(F)(F)F. The molecule has 0 rings (SSSR count). The quantitative estimate of drug-likeness (QED) is 0.601. The van der Waals surface area contributed by atoms with Gasteiger partial charge in [-0.25, -0.2) is 0 Å². The van der Waals surface area contributed by atoms with Gasteiger partial charge in [-0.3, -0.25) is 0 Å². The van der Waals surface area contributed by atoms with E-state index < -0.39 is 21.8 Å². The predicted molar refractivity (Wildman–Crippen MR) is 5.54 cm³/mol. The van der Waals surface area contributed by atoms with Crippen LogP contribution in [0.15, 0.2) is 0 Å². The van der Waals surface area contributed by atoms with Crippen molar-refractivity contribution in [3.05, 3.63) is 0 Å². The fourth-order valence-electron chi connectivity index (χ4n) is 0. The summed E-state index contributed by atoms with van der Waals surface area (Å²) in [7, 11) is 0. The average Bonchev–Trinajstić information content (AvgIpc) is 0.650. The molecule has 0 saturated carbocycles. The van der Waals surface area contributed by atoms with Crippen molar-refractivity contribution in [2.24, 2.45) is 0 Å². The van der Waals surface area contributed by atoms with Gasteiger partial charge in [-0.1, -0.05) is 0 Å². The molecule has 0 unspecified atom stereocenters. The first-order chi connectivity index (χ1) is 2.24. The molecule has 0 spiro atoms. The summed E-state index contributed by atoms with van der Waals surface area (Å²) in [5, 5.41) is 0. The Labute approximate surface area is 35.5 Å². The summed E-state index contributed by atoms with van der Waals surface area (Å²) in [6.45, 7) is 0. The van der Waals surface area contributed by atoms with Crippen LogP contribution in [-0.4, -0.2) is 0 Å². The minimum atomic E-state index is -9.20. The van der Waals surface area contributed by atoms with Gasteiger partial charge in [-0.2, -0.15) is 0 Å². The maximum absolute atomic E-state index is 9.91. The second-order valence-corrected chi connectivity index (χ2v) is 4.74. The van der Waals surface area contributed by atoms with Crippen LogP contribution in [0.1, 0.15) is 0 Å². The third-order valence-electron chi connectivity index (χ3n) is 0. The van der Waals surface area contributed by atoms with Crippen molar-refractivity contribution in [2.75, 3.05) is 0 Å². The summed E-state index contributed by atoms with van der Waals surface area (Å²) in [5.41, 5.74) is 0. The van der Waals surface area contributed by atoms with Gasteiger partial charge in [0, 0.05) is 0 Å². The third-order valence-corrected chi connectivity index (χ3v) is 0. The minimum absolute atomic E-state index is 9.20. The molecule has 0 heterocycles. The van der Waals surface area contributed by atoms with Crippen LogP contribution in [-0.2, 0) is 0 Å². The Morgan fingerprint density at radius 2 is 0.667 bits per heavy atom. The first-order valence-corrected chi connectivity index (χ1v) is 6.27. The van der Waals surface area contributed by atoms with Gasteiger partial charge in [-0.15, -0.1) is 0 Å². The van der Waals surface area contributed by atoms with E-state index in [0.717, 1.165) is 0 Å². The zero-order valence-corrected chi connectivity index (χ0v) is 5.21. The molecule has 0 aliphatic carbocycles. The van der Waals surface area contributed by atoms with Gasteiger partial charge in [0.15, 0.2) is 0 Å². The molecule has 0 atom stereocenters. The molecule has 0 radical (unpaired) electrons. The van der Waals surface area contributed by atoms with Crippen molar-refractivity contribution >= 4 is 0 Å². The first kappa shape index (κ1) is 6.53. The topological polar surface area (TPSA) is 0 Å². The molecule has 0 fully saturated rings. The first-order valence-electron chi connectivity index (χ1n) is 0.714. The zero-order chi connectivity index (χ0) is 5.45. The van der Waals surface area contributed by atoms with Crippen molar-refractivity contribution in [3.8, 4) is 0 Å². The molecule has 42 valence electrons. The van der Waals surface area contributed by atoms with Crippen LogP contribution in [0.5, 0.6) is 0 Å². The van der Waals surface area contributed by atoms with Gasteiger partial charge in [0.2, 0.25) is 0 Å². The van der Waals surface area contributed by atoms with E-state index in [1.807, 2.05) is 0 Å². The van der Waals surface area contributed by atoms with E-state index in [-0.39, 0.29) is 0 Å². The van der Waals surface area contributed by atoms with E-state index in [1.54, 1.807) is 0 Å². The summed E-state index contributed by atoms with van der Waals surface area (Å²) in [5.74, 6) is 0.